The van der Waals surface area contributed by atoms with Gasteiger partial charge in [-0.25, -0.2) is 17.2 Å². The number of hydrogen-bond donors (Lipinski definition) is 1. The molecule has 1 saturated heterocycles. The molecule has 0 spiro atoms. The summed E-state index contributed by atoms with van der Waals surface area (Å²) in [6, 6.07) is 11.8. The zero-order valence-electron chi connectivity index (χ0n) is 15.6. The van der Waals surface area contributed by atoms with Gasteiger partial charge >= 0.3 is 0 Å². The van der Waals surface area contributed by atoms with E-state index >= 15 is 0 Å². The van der Waals surface area contributed by atoms with Crippen molar-refractivity contribution in [3.63, 3.8) is 0 Å². The van der Waals surface area contributed by atoms with Gasteiger partial charge in [-0.05, 0) is 23.3 Å². The third kappa shape index (κ3) is 5.17. The van der Waals surface area contributed by atoms with Crippen LogP contribution in [0.15, 0.2) is 48.5 Å². The van der Waals surface area contributed by atoms with Crippen molar-refractivity contribution in [1.29, 1.82) is 0 Å². The molecule has 0 aromatic heterocycles. The molecule has 29 heavy (non-hydrogen) atoms. The largest absolute Gasteiger partial charge is 0.334 e. The highest BCUT2D eigenvalue weighted by atomic mass is 32.2. The van der Waals surface area contributed by atoms with Crippen molar-refractivity contribution in [2.45, 2.75) is 31.3 Å². The van der Waals surface area contributed by atoms with Gasteiger partial charge in [0.25, 0.3) is 0 Å². The van der Waals surface area contributed by atoms with E-state index in [0.29, 0.717) is 5.56 Å². The van der Waals surface area contributed by atoms with E-state index in [2.05, 4.69) is 0 Å². The number of halogens is 2. The van der Waals surface area contributed by atoms with Gasteiger partial charge in [0, 0.05) is 31.3 Å². The van der Waals surface area contributed by atoms with Crippen LogP contribution in [0.4, 0.5) is 8.78 Å². The Morgan fingerprint density at radius 2 is 1.83 bits per heavy atom. The monoisotopic (exact) mass is 422 g/mol. The van der Waals surface area contributed by atoms with Crippen molar-refractivity contribution in [2.24, 2.45) is 0 Å². The van der Waals surface area contributed by atoms with E-state index in [1.807, 2.05) is 35.1 Å². The molecule has 1 fully saturated rings. The summed E-state index contributed by atoms with van der Waals surface area (Å²) in [5.74, 6) is -3.34. The molecular weight excluding hydrogens is 402 g/mol. The van der Waals surface area contributed by atoms with E-state index < -0.39 is 33.6 Å². The van der Waals surface area contributed by atoms with Gasteiger partial charge in [-0.15, -0.1) is 0 Å². The van der Waals surface area contributed by atoms with E-state index in [0.717, 1.165) is 24.0 Å². The number of benzene rings is 2. The van der Waals surface area contributed by atoms with Crippen LogP contribution in [0.2, 0.25) is 0 Å². The summed E-state index contributed by atoms with van der Waals surface area (Å²) in [6.07, 6.45) is 0.769. The molecule has 3 rings (SSSR count). The number of rotatable bonds is 6. The lowest BCUT2D eigenvalue weighted by molar-refractivity contribution is -0.130. The van der Waals surface area contributed by atoms with Gasteiger partial charge in [0.15, 0.2) is 11.6 Å². The number of hydrogen-bond acceptors (Lipinski definition) is 4. The van der Waals surface area contributed by atoms with Gasteiger partial charge in [-0.3, -0.25) is 14.3 Å². The van der Waals surface area contributed by atoms with Crippen molar-refractivity contribution in [3.8, 4) is 0 Å². The predicted octanol–water partition coefficient (Wildman–Crippen LogP) is 2.32. The maximum atomic E-state index is 13.6. The smallest absolute Gasteiger partial charge is 0.235 e. The third-order valence-corrected chi connectivity index (χ3v) is 5.44. The van der Waals surface area contributed by atoms with Crippen LogP contribution < -0.4 is 4.72 Å². The van der Waals surface area contributed by atoms with Crippen LogP contribution in [0.25, 0.3) is 0 Å². The molecule has 0 bridgehead atoms. The fourth-order valence-corrected chi connectivity index (χ4v) is 4.11. The summed E-state index contributed by atoms with van der Waals surface area (Å²) in [4.78, 5) is 26.4. The van der Waals surface area contributed by atoms with E-state index in [1.165, 1.54) is 11.0 Å². The SMILES string of the molecule is CS(=O)(=O)NC(=O)CC1C(c2ccccc2)CC(=O)N1Cc1ccc(F)c(F)c1. The standard InChI is InChI=1S/C20H20F2N2O4S/c1-29(27,28)23-19(25)11-18-15(14-5-3-2-4-6-14)10-20(26)24(18)12-13-7-8-16(21)17(22)9-13/h2-9,15,18H,10-12H2,1H3,(H,23,25). The lowest BCUT2D eigenvalue weighted by Gasteiger charge is -2.28. The number of likely N-dealkylation sites (tertiary alicyclic amines) is 1. The van der Waals surface area contributed by atoms with Crippen molar-refractivity contribution < 1.29 is 26.8 Å². The second-order valence-corrected chi connectivity index (χ2v) is 8.81. The summed E-state index contributed by atoms with van der Waals surface area (Å²) in [5, 5.41) is 0. The Labute approximate surface area is 167 Å². The molecule has 0 aliphatic carbocycles. The van der Waals surface area contributed by atoms with Gasteiger partial charge in [0.2, 0.25) is 21.8 Å². The average Bonchev–Trinajstić information content (AvgIpc) is 2.93. The van der Waals surface area contributed by atoms with E-state index in [4.69, 9.17) is 0 Å². The summed E-state index contributed by atoms with van der Waals surface area (Å²) < 4.78 is 51.5. The van der Waals surface area contributed by atoms with E-state index in [9.17, 15) is 26.8 Å². The van der Waals surface area contributed by atoms with Gasteiger partial charge in [-0.2, -0.15) is 0 Å². The summed E-state index contributed by atoms with van der Waals surface area (Å²) in [5.41, 5.74) is 1.21. The maximum Gasteiger partial charge on any atom is 0.235 e. The summed E-state index contributed by atoms with van der Waals surface area (Å²) >= 11 is 0. The molecule has 9 heteroatoms. The lowest BCUT2D eigenvalue weighted by atomic mass is 9.89. The van der Waals surface area contributed by atoms with Gasteiger partial charge < -0.3 is 4.90 Å². The fraction of sp³-hybridized carbons (Fsp3) is 0.300. The minimum Gasteiger partial charge on any atom is -0.334 e. The molecule has 0 radical (unpaired) electrons. The molecule has 2 atom stereocenters. The molecule has 1 heterocycles. The van der Waals surface area contributed by atoms with Crippen molar-refractivity contribution in [2.75, 3.05) is 6.26 Å². The topological polar surface area (TPSA) is 83.5 Å². The van der Waals surface area contributed by atoms with E-state index in [1.54, 1.807) is 0 Å². The number of amides is 2. The molecule has 6 nitrogen and oxygen atoms in total. The average molecular weight is 422 g/mol. The second-order valence-electron chi connectivity index (χ2n) is 7.06. The van der Waals surface area contributed by atoms with Gasteiger partial charge in [0.05, 0.1) is 6.26 Å². The first kappa shape index (κ1) is 20.9. The molecule has 1 aliphatic rings. The second kappa shape index (κ2) is 8.28. The van der Waals surface area contributed by atoms with Crippen molar-refractivity contribution in [1.82, 2.24) is 9.62 Å². The Bertz CT molecular complexity index is 1030. The molecular formula is C20H20F2N2O4S. The van der Waals surface area contributed by atoms with Crippen LogP contribution in [0.5, 0.6) is 0 Å². The zero-order valence-corrected chi connectivity index (χ0v) is 16.5. The minimum absolute atomic E-state index is 0.0177. The van der Waals surface area contributed by atoms with E-state index in [-0.39, 0.29) is 31.2 Å². The molecule has 2 unspecified atom stereocenters. The van der Waals surface area contributed by atoms with Crippen LogP contribution in [0.3, 0.4) is 0 Å². The third-order valence-electron chi connectivity index (χ3n) is 4.84. The van der Waals surface area contributed by atoms with Crippen LogP contribution in [0, 0.1) is 11.6 Å². The Kier molecular flexibility index (Phi) is 5.97. The minimum atomic E-state index is -3.74. The van der Waals surface area contributed by atoms with Crippen LogP contribution >= 0.6 is 0 Å². The Hall–Kier alpha value is -2.81. The highest BCUT2D eigenvalue weighted by Crippen LogP contribution is 2.37. The fourth-order valence-electron chi connectivity index (χ4n) is 3.61. The number of carbonyl (C=O) groups excluding carboxylic acids is 2. The predicted molar refractivity (Wildman–Crippen MR) is 102 cm³/mol. The Morgan fingerprint density at radius 3 is 2.45 bits per heavy atom. The van der Waals surface area contributed by atoms with Crippen molar-refractivity contribution in [3.05, 3.63) is 71.3 Å². The summed E-state index contributed by atoms with van der Waals surface area (Å²) in [7, 11) is -3.74. The first-order chi connectivity index (χ1) is 13.6. The highest BCUT2D eigenvalue weighted by molar-refractivity contribution is 7.89. The zero-order chi connectivity index (χ0) is 21.2. The molecule has 2 aromatic rings. The highest BCUT2D eigenvalue weighted by Gasteiger charge is 2.41. The van der Waals surface area contributed by atoms with Crippen LogP contribution in [-0.4, -0.2) is 37.4 Å². The normalized spacial score (nSPS) is 19.4. The van der Waals surface area contributed by atoms with Crippen LogP contribution in [0.1, 0.15) is 29.9 Å². The molecule has 154 valence electrons. The molecule has 1 aliphatic heterocycles. The number of nitrogens with zero attached hydrogens (tertiary/aromatic N) is 1. The quantitative estimate of drug-likeness (QED) is 0.775. The first-order valence-electron chi connectivity index (χ1n) is 8.93. The molecule has 0 saturated carbocycles. The van der Waals surface area contributed by atoms with Crippen LogP contribution in [-0.2, 0) is 26.2 Å². The van der Waals surface area contributed by atoms with Crippen molar-refractivity contribution >= 4 is 21.8 Å². The number of carbonyl (C=O) groups is 2. The molecule has 1 N–H and O–H groups in total. The lowest BCUT2D eigenvalue weighted by Crippen LogP contribution is -2.40. The van der Waals surface area contributed by atoms with Gasteiger partial charge in [-0.1, -0.05) is 36.4 Å². The first-order valence-corrected chi connectivity index (χ1v) is 10.8. The Morgan fingerprint density at radius 1 is 1.14 bits per heavy atom. The number of nitrogens with one attached hydrogen (secondary N) is 1. The Balaban J connectivity index is 1.90. The van der Waals surface area contributed by atoms with Gasteiger partial charge in [0.1, 0.15) is 0 Å². The summed E-state index contributed by atoms with van der Waals surface area (Å²) in [6.45, 7) is -0.0177. The maximum absolute atomic E-state index is 13.6. The molecule has 2 aromatic carbocycles. The number of sulfonamides is 1. The molecule has 2 amide bonds.